The van der Waals surface area contributed by atoms with Crippen molar-refractivity contribution in [1.82, 2.24) is 4.90 Å². The summed E-state index contributed by atoms with van der Waals surface area (Å²) < 4.78 is 10.5. The summed E-state index contributed by atoms with van der Waals surface area (Å²) in [5, 5.41) is 108. The van der Waals surface area contributed by atoms with Crippen molar-refractivity contribution >= 4 is 12.2 Å². The Balaban J connectivity index is 0. The topological polar surface area (TPSA) is 330 Å². The summed E-state index contributed by atoms with van der Waals surface area (Å²) in [4.78, 5) is 22.4. The first kappa shape index (κ1) is 60.7. The molecule has 0 bridgehead atoms. The molecule has 1 rings (SSSR count). The van der Waals surface area contributed by atoms with Gasteiger partial charge in [0.15, 0.2) is 0 Å². The van der Waals surface area contributed by atoms with E-state index >= 15 is 0 Å². The maximum Gasteiger partial charge on any atom is 0.236 e. The summed E-state index contributed by atoms with van der Waals surface area (Å²) in [5.74, 6) is 0.955. The number of hydrogen-bond donors (Lipinski definition) is 13. The molecule has 18 heteroatoms. The summed E-state index contributed by atoms with van der Waals surface area (Å²) in [6.45, 7) is 15.0. The number of ether oxygens (including phenoxy) is 2. The molecule has 0 heterocycles. The van der Waals surface area contributed by atoms with Gasteiger partial charge in [-0.15, -0.1) is 0 Å². The maximum atomic E-state index is 10.6. The van der Waals surface area contributed by atoms with Gasteiger partial charge < -0.3 is 81.9 Å². The van der Waals surface area contributed by atoms with Crippen LogP contribution < -0.4 is 11.5 Å². The van der Waals surface area contributed by atoms with Crippen molar-refractivity contribution in [3.05, 3.63) is 29.3 Å². The lowest BCUT2D eigenvalue weighted by Gasteiger charge is -2.33. The Morgan fingerprint density at radius 2 is 1.28 bits per heavy atom. The third-order valence-corrected chi connectivity index (χ3v) is 9.81. The molecule has 11 atom stereocenters. The molecule has 1 amide bonds. The first-order valence-corrected chi connectivity index (χ1v) is 21.4. The van der Waals surface area contributed by atoms with E-state index in [0.29, 0.717) is 17.9 Å². The molecule has 0 saturated carbocycles. The third kappa shape index (κ3) is 28.1. The summed E-state index contributed by atoms with van der Waals surface area (Å²) in [7, 11) is 0. The van der Waals surface area contributed by atoms with Gasteiger partial charge in [-0.3, -0.25) is 9.69 Å². The van der Waals surface area contributed by atoms with Gasteiger partial charge in [-0.2, -0.15) is 0 Å². The second-order valence-electron chi connectivity index (χ2n) is 16.7. The number of hydrogen-bond acceptors (Lipinski definition) is 17. The summed E-state index contributed by atoms with van der Waals surface area (Å²) in [6.07, 6.45) is -6.67. The summed E-state index contributed by atoms with van der Waals surface area (Å²) in [6, 6.07) is 4.35. The van der Waals surface area contributed by atoms with Gasteiger partial charge in [-0.05, 0) is 76.5 Å². The van der Waals surface area contributed by atoms with Crippen LogP contribution in [0.2, 0.25) is 0 Å². The minimum Gasteiger partial charge on any atom is -0.508 e. The van der Waals surface area contributed by atoms with Crippen molar-refractivity contribution in [3.63, 3.8) is 0 Å². The molecule has 0 radical (unpaired) electrons. The van der Waals surface area contributed by atoms with Crippen LogP contribution in [0.15, 0.2) is 18.2 Å². The fraction of sp³-hybridized carbons (Fsp3) is 0.814. The van der Waals surface area contributed by atoms with Crippen molar-refractivity contribution in [3.8, 4) is 5.75 Å². The Morgan fingerprint density at radius 3 is 1.74 bits per heavy atom. The average molecular weight is 882 g/mol. The van der Waals surface area contributed by atoms with Crippen molar-refractivity contribution < 1.29 is 75.2 Å². The molecule has 0 aliphatic carbocycles. The number of carbonyl (C=O) groups is 2. The molecule has 0 aliphatic rings. The highest BCUT2D eigenvalue weighted by Crippen LogP contribution is 2.27. The standard InChI is InChI=1S/C19H30O3.C18H39NO10.C6H14N2O2/c1-14(2)5-4-6-15(3)7-9-18(21)16-8-10-19(22)17(13-16)11-12-20;1-4-11(21)15(25)16(26)12(22)7-19(5-6-29-10(2)3)8-13(23)17(27)18(28)14(24)9-20;1-4(2)10-3-5(7)6(8)9/h8,10,12-15,18,21-22H,4-7,9,11H2,1-3H3;10-18,20-28H,4-9H2,1-3H3;4-5H,3,7H2,1-2H3,(H2,8,9)/t15-,18+;11-,12+,13+,14-,15-,16-,17-,18-;5-/m100/s1. The molecule has 61 heavy (non-hydrogen) atoms. The number of rotatable bonds is 30. The van der Waals surface area contributed by atoms with E-state index in [0.717, 1.165) is 24.2 Å². The molecule has 0 aromatic heterocycles. The van der Waals surface area contributed by atoms with Crippen molar-refractivity contribution in [1.29, 1.82) is 0 Å². The number of amides is 1. The van der Waals surface area contributed by atoms with E-state index in [2.05, 4.69) is 20.8 Å². The van der Waals surface area contributed by atoms with Crippen LogP contribution in [0.3, 0.4) is 0 Å². The predicted molar refractivity (Wildman–Crippen MR) is 231 cm³/mol. The van der Waals surface area contributed by atoms with Crippen LogP contribution in [0.25, 0.3) is 0 Å². The molecule has 1 aromatic rings. The van der Waals surface area contributed by atoms with Gasteiger partial charge >= 0.3 is 0 Å². The van der Waals surface area contributed by atoms with E-state index in [1.54, 1.807) is 25.1 Å². The molecule has 0 aliphatic heterocycles. The van der Waals surface area contributed by atoms with E-state index in [4.69, 9.17) is 26.0 Å². The van der Waals surface area contributed by atoms with Crippen LogP contribution in [-0.4, -0.2) is 180 Å². The third-order valence-electron chi connectivity index (χ3n) is 9.81. The predicted octanol–water partition coefficient (Wildman–Crippen LogP) is -0.363. The van der Waals surface area contributed by atoms with Gasteiger partial charge in [0.25, 0.3) is 0 Å². The van der Waals surface area contributed by atoms with Crippen LogP contribution >= 0.6 is 0 Å². The molecule has 18 nitrogen and oxygen atoms in total. The van der Waals surface area contributed by atoms with Gasteiger partial charge in [0.2, 0.25) is 5.91 Å². The van der Waals surface area contributed by atoms with Gasteiger partial charge in [-0.25, -0.2) is 0 Å². The zero-order valence-corrected chi connectivity index (χ0v) is 37.7. The van der Waals surface area contributed by atoms with Crippen LogP contribution in [0.4, 0.5) is 0 Å². The normalized spacial score (nSPS) is 17.2. The molecular weight excluding hydrogens is 798 g/mol. The Bertz CT molecular complexity index is 1230. The minimum absolute atomic E-state index is 0.0778. The van der Waals surface area contributed by atoms with Crippen LogP contribution in [0.5, 0.6) is 5.75 Å². The van der Waals surface area contributed by atoms with Crippen LogP contribution in [-0.2, 0) is 25.5 Å². The number of aliphatic hydroxyl groups excluding tert-OH is 10. The highest BCUT2D eigenvalue weighted by atomic mass is 16.5. The van der Waals surface area contributed by atoms with Gasteiger partial charge in [-0.1, -0.05) is 53.0 Å². The highest BCUT2D eigenvalue weighted by Gasteiger charge is 2.34. The number of nitrogens with two attached hydrogens (primary N) is 2. The Labute approximate surface area is 363 Å². The minimum atomic E-state index is -1.79. The molecule has 15 N–H and O–H groups in total. The lowest BCUT2D eigenvalue weighted by atomic mass is 9.93. The van der Waals surface area contributed by atoms with Crippen molar-refractivity contribution in [2.45, 2.75) is 174 Å². The van der Waals surface area contributed by atoms with E-state index in [9.17, 15) is 60.7 Å². The van der Waals surface area contributed by atoms with Crippen molar-refractivity contribution in [2.75, 3.05) is 39.5 Å². The molecular formula is C43H83N3O15. The van der Waals surface area contributed by atoms with E-state index in [1.807, 2.05) is 27.7 Å². The number of primary amides is 1. The fourth-order valence-electron chi connectivity index (χ4n) is 5.75. The second-order valence-corrected chi connectivity index (χ2v) is 16.7. The number of benzene rings is 1. The van der Waals surface area contributed by atoms with Crippen LogP contribution in [0, 0.1) is 11.8 Å². The zero-order valence-electron chi connectivity index (χ0n) is 37.7. The van der Waals surface area contributed by atoms with Gasteiger partial charge in [0.1, 0.15) is 48.6 Å². The number of aldehydes is 1. The smallest absolute Gasteiger partial charge is 0.236 e. The molecule has 0 fully saturated rings. The molecule has 360 valence electrons. The zero-order chi connectivity index (χ0) is 47.4. The maximum absolute atomic E-state index is 10.6. The lowest BCUT2D eigenvalue weighted by molar-refractivity contribution is -0.128. The molecule has 0 spiro atoms. The van der Waals surface area contributed by atoms with Gasteiger partial charge in [0, 0.05) is 31.6 Å². The lowest BCUT2D eigenvalue weighted by Crippen LogP contribution is -2.53. The number of aliphatic hydroxyl groups is 10. The first-order chi connectivity index (χ1) is 28.4. The van der Waals surface area contributed by atoms with Crippen molar-refractivity contribution in [2.24, 2.45) is 23.3 Å². The van der Waals surface area contributed by atoms with E-state index in [1.165, 1.54) is 24.2 Å². The number of phenols is 1. The number of carbonyl (C=O) groups excluding carboxylic acids is 2. The van der Waals surface area contributed by atoms with E-state index < -0.39 is 73.5 Å². The molecule has 0 unspecified atom stereocenters. The quantitative estimate of drug-likeness (QED) is 0.0439. The second kappa shape index (κ2) is 34.1. The SMILES string of the molecule is CC(C)CCC[C@@H](C)CC[C@H](O)c1ccc(O)c(CC=O)c1.CC(C)OC[C@H](N)C(N)=O.CC[C@H](O)[C@H](O)[C@@H](O)[C@H](O)CN(CCOC(C)C)C[C@@H](O)[C@H](O)[C@@H](O)[C@@H](O)CO. The summed E-state index contributed by atoms with van der Waals surface area (Å²) >= 11 is 0. The Hall–Kier alpha value is -2.40. The number of aromatic hydroxyl groups is 1. The largest absolute Gasteiger partial charge is 0.508 e. The Kier molecular flexibility index (Phi) is 33.9. The molecule has 1 aromatic carbocycles. The number of phenolic OH excluding ortho intramolecular Hbond substituents is 1. The Morgan fingerprint density at radius 1 is 0.754 bits per heavy atom. The summed E-state index contributed by atoms with van der Waals surface area (Å²) in [5.41, 5.74) is 11.5. The van der Waals surface area contributed by atoms with Crippen LogP contribution in [0.1, 0.15) is 111 Å². The van der Waals surface area contributed by atoms with Gasteiger partial charge in [0.05, 0.1) is 56.4 Å². The molecule has 0 saturated heterocycles. The van der Waals surface area contributed by atoms with E-state index in [-0.39, 0.29) is 63.6 Å². The first-order valence-electron chi connectivity index (χ1n) is 21.4. The average Bonchev–Trinajstić information content (AvgIpc) is 3.20. The number of nitrogens with zero attached hydrogens (tertiary/aromatic N) is 1. The highest BCUT2D eigenvalue weighted by molar-refractivity contribution is 5.79. The fourth-order valence-corrected chi connectivity index (χ4v) is 5.75. The monoisotopic (exact) mass is 882 g/mol.